The average Bonchev–Trinajstić information content (AvgIpc) is 2.58. The van der Waals surface area contributed by atoms with E-state index < -0.39 is 0 Å². The smallest absolute Gasteiger partial charge is 0.234 e. The molecule has 1 aromatic rings. The van der Waals surface area contributed by atoms with Gasteiger partial charge in [-0.1, -0.05) is 0 Å². The second kappa shape index (κ2) is 8.12. The zero-order valence-electron chi connectivity index (χ0n) is 14.4. The minimum Gasteiger partial charge on any atom is -0.496 e. The van der Waals surface area contributed by atoms with Crippen molar-refractivity contribution < 1.29 is 23.8 Å². The Kier molecular flexibility index (Phi) is 5.88. The third kappa shape index (κ3) is 4.48. The van der Waals surface area contributed by atoms with E-state index in [1.807, 2.05) is 4.90 Å². The molecule has 0 unspecified atom stereocenters. The molecule has 1 aliphatic carbocycles. The van der Waals surface area contributed by atoms with Gasteiger partial charge >= 0.3 is 0 Å². The van der Waals surface area contributed by atoms with Crippen LogP contribution in [0.25, 0.3) is 0 Å². The number of carbonyl (C=O) groups is 1. The molecule has 1 amide bonds. The first-order valence-corrected chi connectivity index (χ1v) is 8.67. The number of aliphatic hydroxyl groups excluding tert-OH is 1. The van der Waals surface area contributed by atoms with Crippen LogP contribution in [0.2, 0.25) is 0 Å². The molecule has 138 valence electrons. The van der Waals surface area contributed by atoms with Gasteiger partial charge in [-0.3, -0.25) is 9.69 Å². The van der Waals surface area contributed by atoms with Crippen LogP contribution < -0.4 is 10.1 Å². The van der Waals surface area contributed by atoms with Gasteiger partial charge in [-0.05, 0) is 37.0 Å². The summed E-state index contributed by atoms with van der Waals surface area (Å²) in [5, 5.41) is 12.7. The van der Waals surface area contributed by atoms with Gasteiger partial charge in [0.25, 0.3) is 0 Å². The van der Waals surface area contributed by atoms with E-state index in [1.54, 1.807) is 6.07 Å². The molecule has 1 atom stereocenters. The van der Waals surface area contributed by atoms with E-state index in [0.717, 1.165) is 13.1 Å². The second-order valence-electron chi connectivity index (χ2n) is 6.71. The van der Waals surface area contributed by atoms with Gasteiger partial charge in [-0.15, -0.1) is 0 Å². The Balaban J connectivity index is 1.73. The number of nitrogens with zero attached hydrogens (tertiary/aromatic N) is 1. The summed E-state index contributed by atoms with van der Waals surface area (Å²) in [7, 11) is 1.53. The second-order valence-corrected chi connectivity index (χ2v) is 6.71. The number of ether oxygens (including phenoxy) is 2. The third-order valence-corrected chi connectivity index (χ3v) is 4.94. The molecule has 3 rings (SSSR count). The van der Waals surface area contributed by atoms with Crippen LogP contribution in [0.3, 0.4) is 0 Å². The summed E-state index contributed by atoms with van der Waals surface area (Å²) in [4.78, 5) is 14.6. The summed E-state index contributed by atoms with van der Waals surface area (Å²) < 4.78 is 24.4. The molecular formula is C18H25FN2O4. The highest BCUT2D eigenvalue weighted by atomic mass is 19.1. The number of hydrogen-bond acceptors (Lipinski definition) is 5. The molecule has 0 radical (unpaired) electrons. The standard InChI is InChI=1S/C18H25FN2O4/c1-24-16-3-2-13(19)10-15(16)18(12-8-14(22)9-12)20-17(23)11-21-4-6-25-7-5-21/h2-3,10,12,14,18,22H,4-9,11H2,1H3,(H,20,23)/t12?,14?,18-/m0/s1. The maximum Gasteiger partial charge on any atom is 0.234 e. The van der Waals surface area contributed by atoms with E-state index in [0.29, 0.717) is 37.4 Å². The van der Waals surface area contributed by atoms with Crippen molar-refractivity contribution in [1.29, 1.82) is 0 Å². The highest BCUT2D eigenvalue weighted by Crippen LogP contribution is 2.41. The lowest BCUT2D eigenvalue weighted by atomic mass is 9.75. The number of rotatable bonds is 6. The van der Waals surface area contributed by atoms with E-state index in [2.05, 4.69) is 5.32 Å². The van der Waals surface area contributed by atoms with Gasteiger partial charge in [0.15, 0.2) is 0 Å². The van der Waals surface area contributed by atoms with E-state index in [9.17, 15) is 14.3 Å². The van der Waals surface area contributed by atoms with E-state index in [1.165, 1.54) is 19.2 Å². The van der Waals surface area contributed by atoms with Crippen LogP contribution in [0.5, 0.6) is 5.75 Å². The summed E-state index contributed by atoms with van der Waals surface area (Å²) in [6.45, 7) is 2.99. The fraction of sp³-hybridized carbons (Fsp3) is 0.611. The Morgan fingerprint density at radius 1 is 1.44 bits per heavy atom. The molecule has 1 saturated heterocycles. The normalized spacial score (nSPS) is 25.1. The summed E-state index contributed by atoms with van der Waals surface area (Å²) in [5.41, 5.74) is 0.620. The molecular weight excluding hydrogens is 327 g/mol. The molecule has 2 N–H and O–H groups in total. The molecule has 0 aromatic heterocycles. The Labute approximate surface area is 146 Å². The maximum atomic E-state index is 13.8. The summed E-state index contributed by atoms with van der Waals surface area (Å²) in [5.74, 6) is 0.126. The fourth-order valence-electron chi connectivity index (χ4n) is 3.48. The van der Waals surface area contributed by atoms with Crippen LogP contribution in [-0.2, 0) is 9.53 Å². The van der Waals surface area contributed by atoms with E-state index in [-0.39, 0.29) is 36.3 Å². The highest BCUT2D eigenvalue weighted by Gasteiger charge is 2.37. The van der Waals surface area contributed by atoms with Gasteiger partial charge in [0.2, 0.25) is 5.91 Å². The number of methoxy groups -OCH3 is 1. The summed E-state index contributed by atoms with van der Waals surface area (Å²) in [6.07, 6.45) is 0.813. The molecule has 1 heterocycles. The van der Waals surface area contributed by atoms with Gasteiger partial charge in [0.05, 0.1) is 39.0 Å². The van der Waals surface area contributed by atoms with Gasteiger partial charge in [-0.25, -0.2) is 4.39 Å². The van der Waals surface area contributed by atoms with Crippen molar-refractivity contribution >= 4 is 5.91 Å². The fourth-order valence-corrected chi connectivity index (χ4v) is 3.48. The molecule has 0 spiro atoms. The Hall–Kier alpha value is -1.70. The first-order chi connectivity index (χ1) is 12.1. The van der Waals surface area contributed by atoms with E-state index in [4.69, 9.17) is 9.47 Å². The Morgan fingerprint density at radius 3 is 2.80 bits per heavy atom. The summed E-state index contributed by atoms with van der Waals surface area (Å²) >= 11 is 0. The Morgan fingerprint density at radius 2 is 2.16 bits per heavy atom. The summed E-state index contributed by atoms with van der Waals surface area (Å²) in [6, 6.07) is 3.94. The van der Waals surface area contributed by atoms with Crippen LogP contribution in [0.1, 0.15) is 24.4 Å². The number of aliphatic hydroxyl groups is 1. The molecule has 2 fully saturated rings. The average molecular weight is 352 g/mol. The Bertz CT molecular complexity index is 601. The molecule has 7 heteroatoms. The topological polar surface area (TPSA) is 71.0 Å². The van der Waals surface area contributed by atoms with Crippen LogP contribution in [0.4, 0.5) is 4.39 Å². The van der Waals surface area contributed by atoms with Crippen molar-refractivity contribution in [3.63, 3.8) is 0 Å². The number of halogens is 1. The van der Waals surface area contributed by atoms with Crippen molar-refractivity contribution in [3.05, 3.63) is 29.6 Å². The third-order valence-electron chi connectivity index (χ3n) is 4.94. The predicted molar refractivity (Wildman–Crippen MR) is 89.8 cm³/mol. The number of morpholine rings is 1. The van der Waals surface area contributed by atoms with Crippen LogP contribution in [0, 0.1) is 11.7 Å². The lowest BCUT2D eigenvalue weighted by molar-refractivity contribution is -0.125. The molecule has 25 heavy (non-hydrogen) atoms. The zero-order chi connectivity index (χ0) is 17.8. The monoisotopic (exact) mass is 352 g/mol. The van der Waals surface area contributed by atoms with Crippen LogP contribution in [-0.4, -0.2) is 62.0 Å². The number of amides is 1. The largest absolute Gasteiger partial charge is 0.496 e. The molecule has 1 aromatic carbocycles. The zero-order valence-corrected chi connectivity index (χ0v) is 14.4. The molecule has 2 aliphatic rings. The quantitative estimate of drug-likeness (QED) is 0.802. The number of hydrogen-bond donors (Lipinski definition) is 2. The highest BCUT2D eigenvalue weighted by molar-refractivity contribution is 5.78. The molecule has 0 bridgehead atoms. The lowest BCUT2D eigenvalue weighted by Crippen LogP contribution is -2.47. The van der Waals surface area contributed by atoms with Crippen molar-refractivity contribution in [2.75, 3.05) is 40.0 Å². The van der Waals surface area contributed by atoms with Crippen molar-refractivity contribution in [3.8, 4) is 5.75 Å². The maximum absolute atomic E-state index is 13.8. The van der Waals surface area contributed by atoms with Gasteiger partial charge in [0.1, 0.15) is 11.6 Å². The number of carbonyl (C=O) groups excluding carboxylic acids is 1. The van der Waals surface area contributed by atoms with Crippen LogP contribution in [0.15, 0.2) is 18.2 Å². The number of benzene rings is 1. The molecule has 1 aliphatic heterocycles. The van der Waals surface area contributed by atoms with Crippen molar-refractivity contribution in [2.24, 2.45) is 5.92 Å². The van der Waals surface area contributed by atoms with Crippen molar-refractivity contribution in [1.82, 2.24) is 10.2 Å². The van der Waals surface area contributed by atoms with Crippen LogP contribution >= 0.6 is 0 Å². The lowest BCUT2D eigenvalue weighted by Gasteiger charge is -2.39. The minimum atomic E-state index is -0.373. The first-order valence-electron chi connectivity index (χ1n) is 8.67. The van der Waals surface area contributed by atoms with Gasteiger partial charge < -0.3 is 19.9 Å². The van der Waals surface area contributed by atoms with E-state index >= 15 is 0 Å². The molecule has 1 saturated carbocycles. The SMILES string of the molecule is COc1ccc(F)cc1[C@@H](NC(=O)CN1CCOCC1)C1CC(O)C1. The molecule has 6 nitrogen and oxygen atoms in total. The van der Waals surface area contributed by atoms with Crippen molar-refractivity contribution in [2.45, 2.75) is 25.0 Å². The predicted octanol–water partition coefficient (Wildman–Crippen LogP) is 1.09. The van der Waals surface area contributed by atoms with Gasteiger partial charge in [0, 0.05) is 18.7 Å². The first kappa shape index (κ1) is 18.1. The van der Waals surface area contributed by atoms with Gasteiger partial charge in [-0.2, -0.15) is 0 Å². The number of nitrogens with one attached hydrogen (secondary N) is 1. The minimum absolute atomic E-state index is 0.0688.